The van der Waals surface area contributed by atoms with E-state index in [1.165, 1.54) is 21.9 Å². The maximum Gasteiger partial charge on any atom is 0.347 e. The van der Waals surface area contributed by atoms with E-state index in [-0.39, 0.29) is 18.1 Å². The summed E-state index contributed by atoms with van der Waals surface area (Å²) in [5, 5.41) is 0. The first-order chi connectivity index (χ1) is 12.1. The van der Waals surface area contributed by atoms with Crippen molar-refractivity contribution in [2.45, 2.75) is 26.4 Å². The first-order valence-electron chi connectivity index (χ1n) is 8.69. The van der Waals surface area contributed by atoms with Crippen LogP contribution in [0.3, 0.4) is 0 Å². The minimum atomic E-state index is -0.383. The van der Waals surface area contributed by atoms with Crippen LogP contribution in [-0.4, -0.2) is 51.4 Å². The van der Waals surface area contributed by atoms with Crippen molar-refractivity contribution >= 4 is 5.91 Å². The summed E-state index contributed by atoms with van der Waals surface area (Å²) in [6, 6.07) is 10.3. The van der Waals surface area contributed by atoms with E-state index in [0.29, 0.717) is 6.54 Å². The van der Waals surface area contributed by atoms with Crippen LogP contribution in [0.2, 0.25) is 0 Å². The van der Waals surface area contributed by atoms with Crippen molar-refractivity contribution in [3.63, 3.8) is 0 Å². The molecule has 0 bridgehead atoms. The van der Waals surface area contributed by atoms with Gasteiger partial charge in [-0.05, 0) is 25.0 Å². The zero-order valence-corrected chi connectivity index (χ0v) is 14.6. The van der Waals surface area contributed by atoms with Gasteiger partial charge in [0.25, 0.3) is 0 Å². The fraction of sp³-hybridized carbons (Fsp3) is 0.421. The van der Waals surface area contributed by atoms with Gasteiger partial charge in [-0.25, -0.2) is 9.78 Å². The molecule has 0 unspecified atom stereocenters. The molecule has 0 atom stereocenters. The van der Waals surface area contributed by atoms with E-state index < -0.39 is 0 Å². The van der Waals surface area contributed by atoms with Gasteiger partial charge in [0.1, 0.15) is 6.54 Å². The topological polar surface area (TPSA) is 58.4 Å². The zero-order valence-electron chi connectivity index (χ0n) is 14.6. The third kappa shape index (κ3) is 4.76. The second kappa shape index (κ2) is 8.07. The molecular formula is C19H24N4O2. The van der Waals surface area contributed by atoms with Gasteiger partial charge in [0.05, 0.1) is 0 Å². The van der Waals surface area contributed by atoms with Crippen LogP contribution in [-0.2, 0) is 17.9 Å². The lowest BCUT2D eigenvalue weighted by Gasteiger charge is -2.22. The van der Waals surface area contributed by atoms with Gasteiger partial charge in [-0.1, -0.05) is 29.8 Å². The molecule has 0 spiro atoms. The fourth-order valence-corrected chi connectivity index (χ4v) is 3.08. The minimum absolute atomic E-state index is 0.0210. The van der Waals surface area contributed by atoms with Crippen LogP contribution in [0.5, 0.6) is 0 Å². The molecule has 3 rings (SSSR count). The van der Waals surface area contributed by atoms with Gasteiger partial charge >= 0.3 is 5.69 Å². The lowest BCUT2D eigenvalue weighted by molar-refractivity contribution is -0.131. The molecule has 1 aromatic carbocycles. The molecule has 0 saturated carbocycles. The van der Waals surface area contributed by atoms with Crippen molar-refractivity contribution in [1.29, 1.82) is 0 Å². The fourth-order valence-electron chi connectivity index (χ4n) is 3.08. The minimum Gasteiger partial charge on any atom is -0.340 e. The quantitative estimate of drug-likeness (QED) is 0.841. The summed E-state index contributed by atoms with van der Waals surface area (Å²) in [5.74, 6) is -0.0210. The summed E-state index contributed by atoms with van der Waals surface area (Å²) in [5.41, 5.74) is 2.18. The Morgan fingerprint density at radius 2 is 1.92 bits per heavy atom. The molecule has 0 N–H and O–H groups in total. The molecule has 1 amide bonds. The van der Waals surface area contributed by atoms with E-state index >= 15 is 0 Å². The van der Waals surface area contributed by atoms with Crippen LogP contribution in [0.1, 0.15) is 17.5 Å². The van der Waals surface area contributed by atoms with Crippen molar-refractivity contribution in [3.8, 4) is 0 Å². The summed E-state index contributed by atoms with van der Waals surface area (Å²) in [7, 11) is 0. The smallest absolute Gasteiger partial charge is 0.340 e. The Kier molecular flexibility index (Phi) is 5.60. The largest absolute Gasteiger partial charge is 0.347 e. The standard InChI is InChI=1S/C19H24N4O2/c1-16-4-6-17(7-5-16)14-21-9-3-11-22(13-12-21)18(24)15-23-10-2-8-20-19(23)25/h2,4-8,10H,3,9,11-15H2,1H3. The van der Waals surface area contributed by atoms with Crippen molar-refractivity contribution < 1.29 is 4.79 Å². The molecule has 2 heterocycles. The SMILES string of the molecule is Cc1ccc(CN2CCCN(C(=O)Cn3cccnc3=O)CC2)cc1. The number of hydrogen-bond donors (Lipinski definition) is 0. The van der Waals surface area contributed by atoms with Gasteiger partial charge in [0.15, 0.2) is 0 Å². The van der Waals surface area contributed by atoms with Crippen molar-refractivity contribution in [2.24, 2.45) is 0 Å². The summed E-state index contributed by atoms with van der Waals surface area (Å²) in [6.07, 6.45) is 3.99. The maximum absolute atomic E-state index is 12.5. The maximum atomic E-state index is 12.5. The lowest BCUT2D eigenvalue weighted by atomic mass is 10.1. The number of nitrogens with zero attached hydrogens (tertiary/aromatic N) is 4. The van der Waals surface area contributed by atoms with Crippen LogP contribution in [0, 0.1) is 6.92 Å². The number of rotatable bonds is 4. The molecule has 1 fully saturated rings. The molecule has 1 aliphatic heterocycles. The van der Waals surface area contributed by atoms with Crippen molar-refractivity contribution in [2.75, 3.05) is 26.2 Å². The Morgan fingerprint density at radius 3 is 2.68 bits per heavy atom. The summed E-state index contributed by atoms with van der Waals surface area (Å²) in [4.78, 5) is 32.1. The van der Waals surface area contributed by atoms with Crippen LogP contribution in [0.25, 0.3) is 0 Å². The molecule has 132 valence electrons. The number of carbonyl (C=O) groups excluding carboxylic acids is 1. The lowest BCUT2D eigenvalue weighted by Crippen LogP contribution is -2.39. The third-order valence-electron chi connectivity index (χ3n) is 4.56. The molecule has 1 aromatic heterocycles. The van der Waals surface area contributed by atoms with E-state index in [1.807, 2.05) is 4.90 Å². The van der Waals surface area contributed by atoms with Crippen LogP contribution < -0.4 is 5.69 Å². The number of aromatic nitrogens is 2. The molecule has 1 aliphatic rings. The Balaban J connectivity index is 1.55. The average Bonchev–Trinajstić information content (AvgIpc) is 2.85. The Morgan fingerprint density at radius 1 is 1.12 bits per heavy atom. The van der Waals surface area contributed by atoms with Crippen LogP contribution in [0.15, 0.2) is 47.5 Å². The monoisotopic (exact) mass is 340 g/mol. The average molecular weight is 340 g/mol. The normalized spacial score (nSPS) is 15.8. The van der Waals surface area contributed by atoms with E-state index in [1.54, 1.807) is 12.3 Å². The Labute approximate surface area is 147 Å². The third-order valence-corrected chi connectivity index (χ3v) is 4.56. The van der Waals surface area contributed by atoms with Gasteiger partial charge in [-0.15, -0.1) is 0 Å². The second-order valence-corrected chi connectivity index (χ2v) is 6.53. The van der Waals surface area contributed by atoms with Crippen molar-refractivity contribution in [1.82, 2.24) is 19.4 Å². The Hall–Kier alpha value is -2.47. The summed E-state index contributed by atoms with van der Waals surface area (Å²) in [6.45, 7) is 6.31. The zero-order chi connectivity index (χ0) is 17.6. The molecular weight excluding hydrogens is 316 g/mol. The number of carbonyl (C=O) groups is 1. The molecule has 0 radical (unpaired) electrons. The summed E-state index contributed by atoms with van der Waals surface area (Å²) < 4.78 is 1.36. The predicted molar refractivity (Wildman–Crippen MR) is 96.2 cm³/mol. The first kappa shape index (κ1) is 17.4. The van der Waals surface area contributed by atoms with Crippen LogP contribution >= 0.6 is 0 Å². The van der Waals surface area contributed by atoms with Gasteiger partial charge < -0.3 is 4.90 Å². The van der Waals surface area contributed by atoms with E-state index in [2.05, 4.69) is 41.1 Å². The second-order valence-electron chi connectivity index (χ2n) is 6.53. The van der Waals surface area contributed by atoms with E-state index in [0.717, 1.165) is 32.6 Å². The number of hydrogen-bond acceptors (Lipinski definition) is 4. The van der Waals surface area contributed by atoms with E-state index in [4.69, 9.17) is 0 Å². The highest BCUT2D eigenvalue weighted by atomic mass is 16.2. The molecule has 6 heteroatoms. The molecule has 25 heavy (non-hydrogen) atoms. The number of aryl methyl sites for hydroxylation is 1. The van der Waals surface area contributed by atoms with Gasteiger partial charge in [-0.2, -0.15) is 0 Å². The van der Waals surface area contributed by atoms with Gasteiger partial charge in [-0.3, -0.25) is 14.3 Å². The summed E-state index contributed by atoms with van der Waals surface area (Å²) >= 11 is 0. The predicted octanol–water partition coefficient (Wildman–Crippen LogP) is 1.29. The number of benzene rings is 1. The number of amides is 1. The first-order valence-corrected chi connectivity index (χ1v) is 8.69. The highest BCUT2D eigenvalue weighted by molar-refractivity contribution is 5.76. The highest BCUT2D eigenvalue weighted by Gasteiger charge is 2.19. The van der Waals surface area contributed by atoms with Gasteiger partial charge in [0.2, 0.25) is 5.91 Å². The highest BCUT2D eigenvalue weighted by Crippen LogP contribution is 2.10. The Bertz CT molecular complexity index is 769. The van der Waals surface area contributed by atoms with E-state index in [9.17, 15) is 9.59 Å². The molecule has 6 nitrogen and oxygen atoms in total. The van der Waals surface area contributed by atoms with Crippen molar-refractivity contribution in [3.05, 3.63) is 64.3 Å². The molecule has 0 aliphatic carbocycles. The van der Waals surface area contributed by atoms with Crippen LogP contribution in [0.4, 0.5) is 0 Å². The molecule has 1 saturated heterocycles. The molecule has 2 aromatic rings. The van der Waals surface area contributed by atoms with Gasteiger partial charge in [0, 0.05) is 45.1 Å².